The summed E-state index contributed by atoms with van der Waals surface area (Å²) >= 11 is 0. The van der Waals surface area contributed by atoms with Gasteiger partial charge in [0.2, 0.25) is 0 Å². The maximum Gasteiger partial charge on any atom is 0.309 e. The predicted molar refractivity (Wildman–Crippen MR) is 388 cm³/mol. The average molecular weight is 1600 g/mol. The summed E-state index contributed by atoms with van der Waals surface area (Å²) in [5.41, 5.74) is -5.08. The molecule has 0 radical (unpaired) electrons. The molecule has 0 amide bonds. The molecule has 0 spiro atoms. The van der Waals surface area contributed by atoms with E-state index in [-0.39, 0.29) is 170 Å². The van der Waals surface area contributed by atoms with Crippen molar-refractivity contribution in [1.82, 2.24) is 0 Å². The van der Waals surface area contributed by atoms with E-state index in [1.807, 2.05) is 13.8 Å². The van der Waals surface area contributed by atoms with Crippen LogP contribution in [0.5, 0.6) is 0 Å². The molecule has 2 rings (SSSR count). The molecule has 0 aromatic carbocycles. The van der Waals surface area contributed by atoms with Crippen molar-refractivity contribution in [2.24, 2.45) is 73.9 Å². The summed E-state index contributed by atoms with van der Waals surface area (Å²) in [4.78, 5) is 134. The molecule has 0 aliphatic heterocycles. The highest BCUT2D eigenvalue weighted by Gasteiger charge is 2.42. The maximum atomic E-state index is 12.2. The molecule has 0 aromatic heterocycles. The first-order valence-electron chi connectivity index (χ1n) is 37.2. The van der Waals surface area contributed by atoms with Crippen molar-refractivity contribution in [2.45, 2.75) is 204 Å². The fourth-order valence-corrected chi connectivity index (χ4v) is 9.77. The lowest BCUT2D eigenvalue weighted by atomic mass is 9.74. The van der Waals surface area contributed by atoms with Gasteiger partial charge in [-0.15, -0.1) is 0 Å². The lowest BCUT2D eigenvalue weighted by Gasteiger charge is -2.32. The van der Waals surface area contributed by atoms with Crippen LogP contribution in [-0.4, -0.2) is 282 Å². The van der Waals surface area contributed by atoms with Gasteiger partial charge in [-0.1, -0.05) is 88.0 Å². The fraction of sp³-hybridized carbons (Fsp3) is 0.838. The van der Waals surface area contributed by atoms with E-state index in [4.69, 9.17) is 94.8 Å². The minimum Gasteiger partial charge on any atom is -0.481 e. The van der Waals surface area contributed by atoms with Gasteiger partial charge < -0.3 is 120 Å². The number of carboxylic acids is 6. The Morgan fingerprint density at radius 1 is 0.364 bits per heavy atom. The van der Waals surface area contributed by atoms with Gasteiger partial charge in [-0.05, 0) is 83.0 Å². The van der Waals surface area contributed by atoms with Crippen molar-refractivity contribution in [2.75, 3.05) is 119 Å². The monoisotopic (exact) mass is 1600 g/mol. The van der Waals surface area contributed by atoms with Crippen molar-refractivity contribution in [3.05, 3.63) is 0 Å². The summed E-state index contributed by atoms with van der Waals surface area (Å²) in [7, 11) is 0. The highest BCUT2D eigenvalue weighted by atomic mass is 16.6. The lowest BCUT2D eigenvalue weighted by Crippen LogP contribution is -2.40. The first-order valence-corrected chi connectivity index (χ1v) is 37.2. The fourth-order valence-electron chi connectivity index (χ4n) is 9.77. The number of carbonyl (C=O) groups is 12. The number of hydrogen-bond donors (Lipinski definition) is 18. The van der Waals surface area contributed by atoms with E-state index >= 15 is 0 Å². The Kier molecular flexibility index (Phi) is 59.6. The van der Waals surface area contributed by atoms with Crippen LogP contribution in [0.25, 0.3) is 0 Å². The number of aliphatic hydroxyl groups excluding tert-OH is 12. The van der Waals surface area contributed by atoms with Crippen LogP contribution in [0.3, 0.4) is 0 Å². The van der Waals surface area contributed by atoms with Gasteiger partial charge in [-0.25, -0.2) is 0 Å². The topological polar surface area (TPSA) is 624 Å². The Hall–Kier alpha value is -6.84. The number of hydrogen-bond acceptors (Lipinski definition) is 30. The quantitative estimate of drug-likeness (QED) is 0.0307. The molecule has 36 nitrogen and oxygen atoms in total. The van der Waals surface area contributed by atoms with Gasteiger partial charge in [0, 0.05) is 36.5 Å². The van der Waals surface area contributed by atoms with Gasteiger partial charge in [0.15, 0.2) is 0 Å². The zero-order valence-corrected chi connectivity index (χ0v) is 65.7. The van der Waals surface area contributed by atoms with Crippen molar-refractivity contribution in [1.29, 1.82) is 0 Å². The maximum absolute atomic E-state index is 12.2. The minimum atomic E-state index is -1.06. The number of aliphatic hydroxyl groups is 12. The second-order valence-corrected chi connectivity index (χ2v) is 29.4. The lowest BCUT2D eigenvalue weighted by molar-refractivity contribution is -0.164. The summed E-state index contributed by atoms with van der Waals surface area (Å²) in [5, 5.41) is 162. The van der Waals surface area contributed by atoms with E-state index in [0.717, 1.165) is 32.1 Å². The van der Waals surface area contributed by atoms with Crippen molar-refractivity contribution < 1.29 is 178 Å². The summed E-state index contributed by atoms with van der Waals surface area (Å²) in [5.74, 6) is -13.1. The van der Waals surface area contributed by atoms with E-state index in [1.54, 1.807) is 41.5 Å². The van der Waals surface area contributed by atoms with E-state index in [0.29, 0.717) is 63.7 Å². The van der Waals surface area contributed by atoms with E-state index in [2.05, 4.69) is 0 Å². The SMILES string of the molecule is CC(CO)(CO)COC(=O)CCCC(=O)O.CCC(CO)(CO)COC(=O)C1CCC(C)CC1C(=O)O.CCC(CO)(CO)COC(=O)C1CCCCC1C(=O)O.CCC(CO)(CO)COC(=O)CC(C)C(=O)O.CCC(CO)(CO)COC(=O)CCCC(=O)O.CCCCC(CC(=O)OCC(C)(CO)CO)C(=O)O. The van der Waals surface area contributed by atoms with Crippen LogP contribution in [-0.2, 0) is 86.0 Å². The molecule has 0 bridgehead atoms. The molecular formula is C74H132O36. The zero-order chi connectivity index (χ0) is 85.5. The second-order valence-electron chi connectivity index (χ2n) is 29.4. The molecule has 18 N–H and O–H groups in total. The van der Waals surface area contributed by atoms with Crippen LogP contribution in [0.4, 0.5) is 0 Å². The largest absolute Gasteiger partial charge is 0.481 e. The first-order chi connectivity index (χ1) is 51.6. The molecule has 0 heterocycles. The van der Waals surface area contributed by atoms with Crippen LogP contribution in [0.1, 0.15) is 204 Å². The summed E-state index contributed by atoms with van der Waals surface area (Å²) in [6.45, 7) is 11.7. The Morgan fingerprint density at radius 3 is 0.991 bits per heavy atom. The highest BCUT2D eigenvalue weighted by molar-refractivity contribution is 5.82. The van der Waals surface area contributed by atoms with Crippen LogP contribution < -0.4 is 0 Å². The predicted octanol–water partition coefficient (Wildman–Crippen LogP) is 2.61. The molecule has 36 heteroatoms. The van der Waals surface area contributed by atoms with E-state index in [1.165, 1.54) is 6.92 Å². The first kappa shape index (κ1) is 109. The van der Waals surface area contributed by atoms with Gasteiger partial charge in [-0.3, -0.25) is 57.5 Å². The van der Waals surface area contributed by atoms with Gasteiger partial charge in [0.05, 0.1) is 149 Å². The van der Waals surface area contributed by atoms with Gasteiger partial charge in [0.25, 0.3) is 0 Å². The van der Waals surface area contributed by atoms with Crippen LogP contribution in [0.15, 0.2) is 0 Å². The highest BCUT2D eigenvalue weighted by Crippen LogP contribution is 2.36. The number of carbonyl (C=O) groups excluding carboxylic acids is 6. The number of esters is 6. The molecule has 7 unspecified atom stereocenters. The van der Waals surface area contributed by atoms with Crippen molar-refractivity contribution in [3.8, 4) is 0 Å². The second kappa shape index (κ2) is 59.9. The Labute approximate surface area is 643 Å². The molecule has 110 heavy (non-hydrogen) atoms. The molecule has 2 aliphatic carbocycles. The summed E-state index contributed by atoms with van der Waals surface area (Å²) < 4.78 is 29.9. The average Bonchev–Trinajstić information content (AvgIpc) is 0.832. The molecule has 2 fully saturated rings. The third kappa shape index (κ3) is 45.6. The Balaban J connectivity index is -0.000000615. The van der Waals surface area contributed by atoms with Gasteiger partial charge in [-0.2, -0.15) is 0 Å². The van der Waals surface area contributed by atoms with Crippen LogP contribution in [0.2, 0.25) is 0 Å². The molecule has 2 aliphatic rings. The Bertz CT molecular complexity index is 2590. The normalized spacial score (nSPS) is 16.9. The third-order valence-corrected chi connectivity index (χ3v) is 19.7. The molecule has 7 atom stereocenters. The van der Waals surface area contributed by atoms with E-state index < -0.39 is 140 Å². The molecule has 0 saturated heterocycles. The third-order valence-electron chi connectivity index (χ3n) is 19.7. The summed E-state index contributed by atoms with van der Waals surface area (Å²) in [6, 6.07) is 0. The summed E-state index contributed by atoms with van der Waals surface area (Å²) in [6.07, 6.45) is 8.36. The van der Waals surface area contributed by atoms with Crippen molar-refractivity contribution >= 4 is 71.6 Å². The molecule has 2 saturated carbocycles. The number of carboxylic acid groups (broad SMARTS) is 6. The number of aliphatic carboxylic acids is 6. The number of ether oxygens (including phenoxy) is 6. The number of unbranched alkanes of at least 4 members (excludes halogenated alkanes) is 1. The van der Waals surface area contributed by atoms with Gasteiger partial charge in [0.1, 0.15) is 39.6 Å². The molecular weight excluding hydrogens is 1460 g/mol. The zero-order valence-electron chi connectivity index (χ0n) is 65.7. The minimum absolute atomic E-state index is 0.0270. The smallest absolute Gasteiger partial charge is 0.309 e. The van der Waals surface area contributed by atoms with Crippen molar-refractivity contribution in [3.63, 3.8) is 0 Å². The standard InChI is InChI=1S/C15H26O6.C14H24O6.C13H24O6.2C11H20O6.C10H18O6/c1-3-15(7-16,8-17)9-21-14(20)11-5-4-10(2)6-12(11)13(18)19;1-2-14(7-15,8-16)9-20-13(19)11-6-4-3-5-10(11)12(17)18;1-3-4-5-10(12(17)18)6-11(16)19-9-13(2,7-14)8-15;1-3-11(5-12,6-13)7-17-9(14)4-8(2)10(15)16;1-2-11(6-12,7-13)8-17-10(16)5-3-4-9(14)15;1-10(5-11,6-12)7-16-9(15)4-2-3-8(13)14/h10-12,16-17H,3-9H2,1-2H3,(H,18,19);10-11,15-16H,2-9H2,1H3,(H,17,18);10,14-15H,3-9H2,1-2H3,(H,17,18);8,12-13H,3-7H2,1-2H3,(H,15,16);12-13H,2-8H2,1H3,(H,14,15);11-12H,2-7H2,1H3,(H,13,14). The van der Waals surface area contributed by atoms with Crippen LogP contribution >= 0.6 is 0 Å². The van der Waals surface area contributed by atoms with Crippen LogP contribution in [0, 0.1) is 73.9 Å². The number of rotatable bonds is 49. The van der Waals surface area contributed by atoms with E-state index in [9.17, 15) is 83.1 Å². The molecule has 644 valence electrons. The molecule has 0 aromatic rings. The van der Waals surface area contributed by atoms with Gasteiger partial charge >= 0.3 is 71.6 Å². The Morgan fingerprint density at radius 2 is 0.682 bits per heavy atom.